The summed E-state index contributed by atoms with van der Waals surface area (Å²) in [6, 6.07) is 0. The summed E-state index contributed by atoms with van der Waals surface area (Å²) in [4.78, 5) is 0. The molecule has 17 heavy (non-hydrogen) atoms. The van der Waals surface area contributed by atoms with Crippen molar-refractivity contribution in [1.29, 1.82) is 0 Å². The number of rotatable bonds is 0. The summed E-state index contributed by atoms with van der Waals surface area (Å²) in [6.45, 7) is 5.27. The first-order valence-electron chi connectivity index (χ1n) is 7.86. The number of hydrogen-bond donors (Lipinski definition) is 0. The van der Waals surface area contributed by atoms with Crippen molar-refractivity contribution >= 4 is 0 Å². The highest BCUT2D eigenvalue weighted by molar-refractivity contribution is 5.44. The van der Waals surface area contributed by atoms with E-state index in [9.17, 15) is 0 Å². The van der Waals surface area contributed by atoms with Gasteiger partial charge >= 0.3 is 0 Å². The van der Waals surface area contributed by atoms with Crippen molar-refractivity contribution in [3.05, 3.63) is 11.1 Å². The highest BCUT2D eigenvalue weighted by Crippen LogP contribution is 2.78. The van der Waals surface area contributed by atoms with Gasteiger partial charge in [-0.05, 0) is 73.0 Å². The van der Waals surface area contributed by atoms with E-state index in [2.05, 4.69) is 13.8 Å². The van der Waals surface area contributed by atoms with Crippen LogP contribution in [0.4, 0.5) is 0 Å². The third-order valence-electron chi connectivity index (χ3n) is 7.70. The largest absolute Gasteiger partial charge is 0.0696 e. The third kappa shape index (κ3) is 0.833. The van der Waals surface area contributed by atoms with E-state index in [-0.39, 0.29) is 0 Å². The van der Waals surface area contributed by atoms with E-state index < -0.39 is 0 Å². The minimum atomic E-state index is 0.671. The second kappa shape index (κ2) is 2.53. The van der Waals surface area contributed by atoms with Gasteiger partial charge in [-0.2, -0.15) is 0 Å². The molecule has 0 nitrogen and oxygen atoms in total. The van der Waals surface area contributed by atoms with E-state index >= 15 is 0 Å². The fourth-order valence-corrected chi connectivity index (χ4v) is 7.41. The molecule has 0 aromatic heterocycles. The second-order valence-corrected chi connectivity index (χ2v) is 8.31. The van der Waals surface area contributed by atoms with Crippen LogP contribution < -0.4 is 0 Å². The Bertz CT molecular complexity index is 445. The second-order valence-electron chi connectivity index (χ2n) is 8.31. The zero-order chi connectivity index (χ0) is 11.4. The lowest BCUT2D eigenvalue weighted by Crippen LogP contribution is -2.37. The van der Waals surface area contributed by atoms with Crippen LogP contribution in [0.3, 0.4) is 0 Å². The summed E-state index contributed by atoms with van der Waals surface area (Å²) in [5.41, 5.74) is 5.34. The lowest BCUT2D eigenvalue weighted by Gasteiger charge is -2.44. The van der Waals surface area contributed by atoms with E-state index in [0.717, 1.165) is 23.7 Å². The van der Waals surface area contributed by atoms with Gasteiger partial charge in [0.15, 0.2) is 0 Å². The molecule has 0 heterocycles. The maximum absolute atomic E-state index is 2.66. The van der Waals surface area contributed by atoms with E-state index in [4.69, 9.17) is 0 Å². The molecular weight excluding hydrogens is 204 g/mol. The van der Waals surface area contributed by atoms with Gasteiger partial charge in [-0.1, -0.05) is 31.4 Å². The van der Waals surface area contributed by atoms with Crippen molar-refractivity contribution in [2.24, 2.45) is 34.5 Å². The Balaban J connectivity index is 1.73. The summed E-state index contributed by atoms with van der Waals surface area (Å²) in [7, 11) is 0. The molecule has 0 spiro atoms. The van der Waals surface area contributed by atoms with Crippen LogP contribution in [0.15, 0.2) is 11.1 Å². The Kier molecular flexibility index (Phi) is 1.44. The molecule has 0 aromatic rings. The SMILES string of the molecule is CC12CCC(=C3C1C1CC3(C)C3CCCC13)C2. The lowest BCUT2D eigenvalue weighted by atomic mass is 9.60. The fourth-order valence-electron chi connectivity index (χ4n) is 7.41. The van der Waals surface area contributed by atoms with E-state index in [0.29, 0.717) is 10.8 Å². The van der Waals surface area contributed by atoms with Gasteiger partial charge in [0, 0.05) is 0 Å². The molecule has 0 heteroatoms. The van der Waals surface area contributed by atoms with Crippen molar-refractivity contribution in [2.45, 2.75) is 58.8 Å². The molecule has 6 atom stereocenters. The van der Waals surface area contributed by atoms with Crippen LogP contribution in [-0.2, 0) is 0 Å². The molecule has 0 radical (unpaired) electrons. The molecule has 0 aliphatic heterocycles. The third-order valence-corrected chi connectivity index (χ3v) is 7.70. The minimum absolute atomic E-state index is 0.671. The average Bonchev–Trinajstić information content (AvgIpc) is 2.96. The van der Waals surface area contributed by atoms with Gasteiger partial charge in [-0.15, -0.1) is 0 Å². The first-order chi connectivity index (χ1) is 8.13. The van der Waals surface area contributed by atoms with Gasteiger partial charge in [0.25, 0.3) is 0 Å². The first-order valence-corrected chi connectivity index (χ1v) is 7.86. The molecule has 92 valence electrons. The molecule has 5 rings (SSSR count). The number of fused-ring (bicyclic) bond motifs is 11. The molecule has 4 fully saturated rings. The maximum atomic E-state index is 2.66. The lowest BCUT2D eigenvalue weighted by molar-refractivity contribution is 0.113. The molecular formula is C17H24. The fraction of sp³-hybridized carbons (Fsp3) is 0.882. The predicted molar refractivity (Wildman–Crippen MR) is 69.5 cm³/mol. The van der Waals surface area contributed by atoms with Crippen LogP contribution in [0.1, 0.15) is 58.8 Å². The Labute approximate surface area is 105 Å². The summed E-state index contributed by atoms with van der Waals surface area (Å²) >= 11 is 0. The average molecular weight is 228 g/mol. The van der Waals surface area contributed by atoms with E-state index in [1.165, 1.54) is 25.7 Å². The van der Waals surface area contributed by atoms with Crippen LogP contribution in [0.2, 0.25) is 0 Å². The summed E-state index contributed by atoms with van der Waals surface area (Å²) in [5.74, 6) is 4.36. The predicted octanol–water partition coefficient (Wildman–Crippen LogP) is 4.56. The van der Waals surface area contributed by atoms with Crippen LogP contribution in [0.5, 0.6) is 0 Å². The number of allylic oxidation sites excluding steroid dienone is 2. The Morgan fingerprint density at radius 2 is 2.00 bits per heavy atom. The monoisotopic (exact) mass is 228 g/mol. The van der Waals surface area contributed by atoms with Crippen molar-refractivity contribution in [3.8, 4) is 0 Å². The Hall–Kier alpha value is -0.260. The normalized spacial score (nSPS) is 62.5. The van der Waals surface area contributed by atoms with Gasteiger partial charge in [-0.3, -0.25) is 0 Å². The quantitative estimate of drug-likeness (QED) is 0.533. The maximum Gasteiger partial charge on any atom is -0.00767 e. The van der Waals surface area contributed by atoms with Crippen molar-refractivity contribution in [3.63, 3.8) is 0 Å². The molecule has 4 bridgehead atoms. The van der Waals surface area contributed by atoms with Crippen LogP contribution in [-0.4, -0.2) is 0 Å². The molecule has 5 aliphatic carbocycles. The van der Waals surface area contributed by atoms with E-state index in [1.54, 1.807) is 19.3 Å². The number of hydrogen-bond acceptors (Lipinski definition) is 0. The smallest absolute Gasteiger partial charge is 0.00767 e. The molecule has 6 unspecified atom stereocenters. The van der Waals surface area contributed by atoms with Crippen LogP contribution >= 0.6 is 0 Å². The van der Waals surface area contributed by atoms with Crippen molar-refractivity contribution in [2.75, 3.05) is 0 Å². The molecule has 0 saturated heterocycles. The van der Waals surface area contributed by atoms with Gasteiger partial charge in [0.1, 0.15) is 0 Å². The van der Waals surface area contributed by atoms with Crippen molar-refractivity contribution < 1.29 is 0 Å². The topological polar surface area (TPSA) is 0 Å². The first kappa shape index (κ1) is 9.64. The van der Waals surface area contributed by atoms with Gasteiger partial charge in [-0.25, -0.2) is 0 Å². The Morgan fingerprint density at radius 1 is 1.12 bits per heavy atom. The van der Waals surface area contributed by atoms with Gasteiger partial charge in [0.2, 0.25) is 0 Å². The summed E-state index contributed by atoms with van der Waals surface area (Å²) in [5, 5.41) is 0. The van der Waals surface area contributed by atoms with E-state index in [1.807, 2.05) is 11.1 Å². The van der Waals surface area contributed by atoms with Crippen LogP contribution in [0, 0.1) is 34.5 Å². The minimum Gasteiger partial charge on any atom is -0.0696 e. The molecule has 0 amide bonds. The molecule has 4 saturated carbocycles. The zero-order valence-electron chi connectivity index (χ0n) is 11.3. The standard InChI is InChI=1S/C17H24/c1-16-7-6-10(8-16)14-15(16)12-9-17(14,2)13-5-3-4-11(12)13/h11-13,15H,3-9H2,1-2H3. The molecule has 5 aliphatic rings. The van der Waals surface area contributed by atoms with Crippen molar-refractivity contribution in [1.82, 2.24) is 0 Å². The highest BCUT2D eigenvalue weighted by atomic mass is 14.7. The Morgan fingerprint density at radius 3 is 2.88 bits per heavy atom. The summed E-state index contributed by atoms with van der Waals surface area (Å²) in [6.07, 6.45) is 10.7. The zero-order valence-corrected chi connectivity index (χ0v) is 11.3. The molecule has 0 aromatic carbocycles. The molecule has 0 N–H and O–H groups in total. The van der Waals surface area contributed by atoms with Gasteiger partial charge in [0.05, 0.1) is 0 Å². The van der Waals surface area contributed by atoms with Gasteiger partial charge < -0.3 is 0 Å². The van der Waals surface area contributed by atoms with Crippen LogP contribution in [0.25, 0.3) is 0 Å². The highest BCUT2D eigenvalue weighted by Gasteiger charge is 2.69. The summed E-state index contributed by atoms with van der Waals surface area (Å²) < 4.78 is 0.